The Morgan fingerprint density at radius 2 is 2.05 bits per heavy atom. The van der Waals surface area contributed by atoms with Gasteiger partial charge in [0.25, 0.3) is 0 Å². The highest BCUT2D eigenvalue weighted by atomic mass is 32.2. The molecule has 0 aromatic carbocycles. The molecule has 0 fully saturated rings. The van der Waals surface area contributed by atoms with E-state index in [0.29, 0.717) is 6.54 Å². The number of carbonyl (C=O) groups is 1. The number of aromatic carboxylic acids is 1. The standard InChI is InChI=1S/C12H21N3O4S/c1-14(2)7-5-4-6-13-20(18,19)10-8-11(12(16)17)15(3)9-10/h8-9,13H,4-7H2,1-3H3,(H,16,17). The Labute approximate surface area is 119 Å². The number of nitrogens with one attached hydrogen (secondary N) is 1. The van der Waals surface area contributed by atoms with Crippen LogP contribution in [0.5, 0.6) is 0 Å². The molecule has 0 bridgehead atoms. The van der Waals surface area contributed by atoms with Crippen molar-refractivity contribution in [3.05, 3.63) is 18.0 Å². The highest BCUT2D eigenvalue weighted by Crippen LogP contribution is 2.13. The molecule has 2 N–H and O–H groups in total. The molecule has 1 heterocycles. The van der Waals surface area contributed by atoms with E-state index in [0.717, 1.165) is 25.5 Å². The van der Waals surface area contributed by atoms with Gasteiger partial charge in [0.15, 0.2) is 0 Å². The Balaban J connectivity index is 2.61. The predicted molar refractivity (Wildman–Crippen MR) is 75.3 cm³/mol. The van der Waals surface area contributed by atoms with Gasteiger partial charge in [-0.25, -0.2) is 17.9 Å². The first kappa shape index (κ1) is 16.7. The number of aromatic nitrogens is 1. The maximum Gasteiger partial charge on any atom is 0.352 e. The van der Waals surface area contributed by atoms with Crippen LogP contribution in [0.3, 0.4) is 0 Å². The Kier molecular flexibility index (Phi) is 5.73. The number of sulfonamides is 1. The minimum absolute atomic E-state index is 0.0231. The largest absolute Gasteiger partial charge is 0.477 e. The lowest BCUT2D eigenvalue weighted by atomic mass is 10.3. The van der Waals surface area contributed by atoms with E-state index in [9.17, 15) is 13.2 Å². The van der Waals surface area contributed by atoms with Crippen molar-refractivity contribution in [2.45, 2.75) is 17.7 Å². The Morgan fingerprint density at radius 3 is 2.55 bits per heavy atom. The summed E-state index contributed by atoms with van der Waals surface area (Å²) in [5.41, 5.74) is -0.0574. The van der Waals surface area contributed by atoms with Crippen LogP contribution in [0.15, 0.2) is 17.2 Å². The maximum atomic E-state index is 12.0. The number of hydrogen-bond acceptors (Lipinski definition) is 4. The van der Waals surface area contributed by atoms with Crippen LogP contribution in [-0.2, 0) is 17.1 Å². The van der Waals surface area contributed by atoms with Crippen molar-refractivity contribution < 1.29 is 18.3 Å². The lowest BCUT2D eigenvalue weighted by Crippen LogP contribution is -2.25. The van der Waals surface area contributed by atoms with Gasteiger partial charge in [-0.05, 0) is 39.5 Å². The quantitative estimate of drug-likeness (QED) is 0.676. The van der Waals surface area contributed by atoms with Crippen LogP contribution in [-0.4, -0.2) is 56.1 Å². The minimum atomic E-state index is -3.64. The molecule has 0 aliphatic heterocycles. The molecule has 20 heavy (non-hydrogen) atoms. The molecule has 8 heteroatoms. The summed E-state index contributed by atoms with van der Waals surface area (Å²) in [4.78, 5) is 12.9. The molecule has 114 valence electrons. The number of rotatable bonds is 8. The number of carboxylic acids is 1. The molecule has 0 aliphatic rings. The topological polar surface area (TPSA) is 91.6 Å². The molecule has 0 amide bonds. The zero-order valence-electron chi connectivity index (χ0n) is 12.0. The number of carboxylic acid groups (broad SMARTS) is 1. The number of aryl methyl sites for hydroxylation is 1. The molecule has 1 rings (SSSR count). The zero-order valence-corrected chi connectivity index (χ0v) is 12.8. The molecule has 0 saturated carbocycles. The fourth-order valence-corrected chi connectivity index (χ4v) is 2.88. The van der Waals surface area contributed by atoms with E-state index < -0.39 is 16.0 Å². The minimum Gasteiger partial charge on any atom is -0.477 e. The molecule has 0 spiro atoms. The zero-order chi connectivity index (χ0) is 15.3. The van der Waals surface area contributed by atoms with Crippen LogP contribution in [0, 0.1) is 0 Å². The number of hydrogen-bond donors (Lipinski definition) is 2. The van der Waals surface area contributed by atoms with Crippen molar-refractivity contribution in [2.24, 2.45) is 7.05 Å². The Bertz CT molecular complexity index is 563. The van der Waals surface area contributed by atoms with Gasteiger partial charge in [-0.1, -0.05) is 0 Å². The van der Waals surface area contributed by atoms with E-state index in [1.807, 2.05) is 19.0 Å². The van der Waals surface area contributed by atoms with Crippen molar-refractivity contribution in [2.75, 3.05) is 27.2 Å². The summed E-state index contributed by atoms with van der Waals surface area (Å²) >= 11 is 0. The summed E-state index contributed by atoms with van der Waals surface area (Å²) in [6, 6.07) is 1.16. The Morgan fingerprint density at radius 1 is 1.40 bits per heavy atom. The van der Waals surface area contributed by atoms with E-state index >= 15 is 0 Å². The first-order valence-electron chi connectivity index (χ1n) is 6.28. The molecular weight excluding hydrogens is 282 g/mol. The van der Waals surface area contributed by atoms with Gasteiger partial charge in [0, 0.05) is 19.8 Å². The van der Waals surface area contributed by atoms with Gasteiger partial charge in [-0.15, -0.1) is 0 Å². The number of unbranched alkanes of at least 4 members (excludes halogenated alkanes) is 1. The van der Waals surface area contributed by atoms with Crippen molar-refractivity contribution in [3.8, 4) is 0 Å². The lowest BCUT2D eigenvalue weighted by molar-refractivity contribution is 0.0686. The molecule has 0 atom stereocenters. The van der Waals surface area contributed by atoms with Gasteiger partial charge in [0.1, 0.15) is 10.6 Å². The molecule has 0 aliphatic carbocycles. The summed E-state index contributed by atoms with van der Waals surface area (Å²) in [6.45, 7) is 1.24. The number of nitrogens with zero attached hydrogens (tertiary/aromatic N) is 2. The third-order valence-electron chi connectivity index (χ3n) is 2.83. The maximum absolute atomic E-state index is 12.0. The van der Waals surface area contributed by atoms with Crippen LogP contribution in [0.4, 0.5) is 0 Å². The fraction of sp³-hybridized carbons (Fsp3) is 0.583. The van der Waals surface area contributed by atoms with E-state index in [2.05, 4.69) is 4.72 Å². The van der Waals surface area contributed by atoms with Crippen LogP contribution in [0.1, 0.15) is 23.3 Å². The third kappa shape index (κ3) is 4.62. The molecule has 1 aromatic heterocycles. The monoisotopic (exact) mass is 303 g/mol. The summed E-state index contributed by atoms with van der Waals surface area (Å²) in [5, 5.41) is 8.90. The van der Waals surface area contributed by atoms with Crippen molar-refractivity contribution in [1.29, 1.82) is 0 Å². The molecule has 1 aromatic rings. The SMILES string of the molecule is CN(C)CCCCNS(=O)(=O)c1cc(C(=O)O)n(C)c1. The second kappa shape index (κ2) is 6.87. The van der Waals surface area contributed by atoms with Gasteiger partial charge in [-0.2, -0.15) is 0 Å². The van der Waals surface area contributed by atoms with E-state index in [4.69, 9.17) is 5.11 Å². The smallest absolute Gasteiger partial charge is 0.352 e. The van der Waals surface area contributed by atoms with Gasteiger partial charge >= 0.3 is 5.97 Å². The van der Waals surface area contributed by atoms with Gasteiger partial charge in [0.05, 0.1) is 0 Å². The fourth-order valence-electron chi connectivity index (χ4n) is 1.74. The van der Waals surface area contributed by atoms with Gasteiger partial charge < -0.3 is 14.6 Å². The molecular formula is C12H21N3O4S. The first-order chi connectivity index (χ1) is 9.24. The van der Waals surface area contributed by atoms with Crippen molar-refractivity contribution >= 4 is 16.0 Å². The van der Waals surface area contributed by atoms with E-state index in [-0.39, 0.29) is 10.6 Å². The summed E-state index contributed by atoms with van der Waals surface area (Å²) in [5.74, 6) is -1.15. The summed E-state index contributed by atoms with van der Waals surface area (Å²) in [7, 11) is 1.78. The summed E-state index contributed by atoms with van der Waals surface area (Å²) < 4.78 is 27.7. The van der Waals surface area contributed by atoms with E-state index in [1.165, 1.54) is 17.8 Å². The van der Waals surface area contributed by atoms with Gasteiger partial charge in [-0.3, -0.25) is 0 Å². The second-order valence-corrected chi connectivity index (χ2v) is 6.65. The highest BCUT2D eigenvalue weighted by molar-refractivity contribution is 7.89. The average molecular weight is 303 g/mol. The van der Waals surface area contributed by atoms with Crippen molar-refractivity contribution in [3.63, 3.8) is 0 Å². The van der Waals surface area contributed by atoms with Crippen LogP contribution in [0.25, 0.3) is 0 Å². The van der Waals surface area contributed by atoms with Crippen molar-refractivity contribution in [1.82, 2.24) is 14.2 Å². The highest BCUT2D eigenvalue weighted by Gasteiger charge is 2.19. The Hall–Kier alpha value is -1.38. The molecule has 0 unspecified atom stereocenters. The first-order valence-corrected chi connectivity index (χ1v) is 7.76. The predicted octanol–water partition coefficient (Wildman–Crippen LogP) is 0.343. The molecule has 0 saturated heterocycles. The van der Waals surface area contributed by atoms with Crippen LogP contribution >= 0.6 is 0 Å². The summed E-state index contributed by atoms with van der Waals surface area (Å²) in [6.07, 6.45) is 2.92. The lowest BCUT2D eigenvalue weighted by Gasteiger charge is -2.09. The normalized spacial score (nSPS) is 12.0. The third-order valence-corrected chi connectivity index (χ3v) is 4.26. The van der Waals surface area contributed by atoms with Crippen LogP contribution < -0.4 is 4.72 Å². The van der Waals surface area contributed by atoms with Gasteiger partial charge in [0.2, 0.25) is 10.0 Å². The molecule has 0 radical (unpaired) electrons. The second-order valence-electron chi connectivity index (χ2n) is 4.89. The van der Waals surface area contributed by atoms with E-state index in [1.54, 1.807) is 0 Å². The van der Waals surface area contributed by atoms with Crippen LogP contribution in [0.2, 0.25) is 0 Å². The average Bonchev–Trinajstić information content (AvgIpc) is 2.71. The molecule has 7 nitrogen and oxygen atoms in total.